The van der Waals surface area contributed by atoms with Crippen LogP contribution in [-0.2, 0) is 21.4 Å². The molecule has 4 aliphatic rings. The zero-order valence-electron chi connectivity index (χ0n) is 26.2. The number of aliphatic imine (C=N–C) groups is 1. The van der Waals surface area contributed by atoms with E-state index in [1.165, 1.54) is 4.90 Å². The van der Waals surface area contributed by atoms with Gasteiger partial charge in [-0.3, -0.25) is 19.4 Å². The first-order valence-electron chi connectivity index (χ1n) is 15.8. The van der Waals surface area contributed by atoms with Gasteiger partial charge in [0, 0.05) is 56.8 Å². The zero-order valence-corrected chi connectivity index (χ0v) is 26.2. The van der Waals surface area contributed by atoms with Crippen molar-refractivity contribution in [2.75, 3.05) is 40.3 Å². The van der Waals surface area contributed by atoms with E-state index >= 15 is 0 Å². The van der Waals surface area contributed by atoms with Crippen LogP contribution < -0.4 is 31.6 Å². The number of hydrogen-bond acceptors (Lipinski definition) is 8. The van der Waals surface area contributed by atoms with Crippen molar-refractivity contribution < 1.29 is 28.7 Å². The molecule has 2 aliphatic heterocycles. The highest BCUT2D eigenvalue weighted by atomic mass is 16.6. The lowest BCUT2D eigenvalue weighted by molar-refractivity contribution is -0.132. The van der Waals surface area contributed by atoms with Gasteiger partial charge in [-0.15, -0.1) is 0 Å². The van der Waals surface area contributed by atoms with E-state index in [2.05, 4.69) is 27.6 Å². The Balaban J connectivity index is 1.07. The van der Waals surface area contributed by atoms with Crippen molar-refractivity contribution in [3.8, 4) is 11.5 Å². The topological polar surface area (TPSA) is 182 Å². The van der Waals surface area contributed by atoms with Crippen molar-refractivity contribution in [1.29, 1.82) is 0 Å². The third-order valence-corrected chi connectivity index (χ3v) is 9.86. The summed E-state index contributed by atoms with van der Waals surface area (Å²) in [5, 5.41) is 5.59. The Bertz CT molecular complexity index is 1560. The molecule has 1 saturated heterocycles. The summed E-state index contributed by atoms with van der Waals surface area (Å²) in [5.74, 6) is 0.420. The monoisotopic (exact) mass is 631 g/mol. The second-order valence-electron chi connectivity index (χ2n) is 12.7. The number of carbonyl (C=O) groups is 4. The molecule has 2 aromatic carbocycles. The molecule has 0 aromatic heterocycles. The highest BCUT2D eigenvalue weighted by Crippen LogP contribution is 2.63. The Hall–Kier alpha value is -4.65. The average Bonchev–Trinajstić information content (AvgIpc) is 3.49. The highest BCUT2D eigenvalue weighted by molar-refractivity contribution is 5.97. The average molecular weight is 632 g/mol. The predicted octanol–water partition coefficient (Wildman–Crippen LogP) is 0.934. The van der Waals surface area contributed by atoms with Crippen molar-refractivity contribution in [2.45, 2.75) is 55.7 Å². The van der Waals surface area contributed by atoms with E-state index in [0.29, 0.717) is 54.8 Å². The number of benzene rings is 2. The van der Waals surface area contributed by atoms with Gasteiger partial charge < -0.3 is 41.4 Å². The van der Waals surface area contributed by atoms with Crippen LogP contribution in [0.5, 0.6) is 11.5 Å². The van der Waals surface area contributed by atoms with E-state index in [-0.39, 0.29) is 30.7 Å². The highest BCUT2D eigenvalue weighted by Gasteiger charge is 2.68. The molecular weight excluding hydrogens is 590 g/mol. The molecule has 0 radical (unpaired) electrons. The third kappa shape index (κ3) is 5.63. The fraction of sp³-hybridized carbons (Fsp3) is 0.485. The van der Waals surface area contributed by atoms with Gasteiger partial charge in [0.2, 0.25) is 5.91 Å². The van der Waals surface area contributed by atoms with Crippen molar-refractivity contribution in [3.05, 3.63) is 59.2 Å². The number of nitrogens with one attached hydrogen (secondary N) is 2. The van der Waals surface area contributed by atoms with Gasteiger partial charge in [0.1, 0.15) is 6.04 Å². The van der Waals surface area contributed by atoms with Gasteiger partial charge in [-0.05, 0) is 62.4 Å². The first-order chi connectivity index (χ1) is 22.1. The summed E-state index contributed by atoms with van der Waals surface area (Å²) in [7, 11) is 3.69. The lowest BCUT2D eigenvalue weighted by Crippen LogP contribution is -2.55. The molecule has 5 atom stereocenters. The number of ketones is 1. The molecule has 2 heterocycles. The molecule has 2 bridgehead atoms. The van der Waals surface area contributed by atoms with E-state index in [9.17, 15) is 19.2 Å². The number of nitrogens with zero attached hydrogens (tertiary/aromatic N) is 3. The van der Waals surface area contributed by atoms with E-state index in [0.717, 1.165) is 30.5 Å². The van der Waals surface area contributed by atoms with Crippen molar-refractivity contribution >= 4 is 29.7 Å². The second-order valence-corrected chi connectivity index (χ2v) is 12.7. The summed E-state index contributed by atoms with van der Waals surface area (Å²) in [5.41, 5.74) is 13.0. The zero-order chi connectivity index (χ0) is 32.6. The maximum atomic E-state index is 13.2. The summed E-state index contributed by atoms with van der Waals surface area (Å²) in [6.07, 6.45) is 1.82. The molecule has 46 heavy (non-hydrogen) atoms. The Kier molecular flexibility index (Phi) is 8.60. The van der Waals surface area contributed by atoms with E-state index in [4.69, 9.17) is 20.9 Å². The van der Waals surface area contributed by atoms with Crippen LogP contribution in [0.15, 0.2) is 47.5 Å². The number of Topliss-reactive ketones (excluding diaryl/α,β-unsaturated/α-hetero) is 1. The first-order valence-corrected chi connectivity index (χ1v) is 15.8. The number of ether oxygens (including phenoxy) is 2. The Labute approximate surface area is 267 Å². The van der Waals surface area contributed by atoms with E-state index in [1.807, 2.05) is 6.07 Å². The molecule has 13 nitrogen and oxygen atoms in total. The molecule has 13 heteroatoms. The SMILES string of the molecule is CN(CCNC(=O)[C@H](CCCN=C(N)N)NC(=O)c1ccccc1)C(=O)Oc1ccc2c3c1OC1C(=O)CCC4[C@@H](C2)N(C)C[C@]314. The number of rotatable bonds is 11. The van der Waals surface area contributed by atoms with Gasteiger partial charge in [0.05, 0.1) is 5.41 Å². The molecule has 244 valence electrons. The Morgan fingerprint density at radius 3 is 2.74 bits per heavy atom. The molecule has 6 N–H and O–H groups in total. The van der Waals surface area contributed by atoms with Crippen LogP contribution in [0.4, 0.5) is 4.79 Å². The lowest BCUT2D eigenvalue weighted by Gasteiger charge is -2.43. The number of likely N-dealkylation sites (N-methyl/N-ethyl adjacent to an activating group) is 2. The van der Waals surface area contributed by atoms with Crippen LogP contribution in [0.2, 0.25) is 0 Å². The maximum absolute atomic E-state index is 13.2. The van der Waals surface area contributed by atoms with Crippen LogP contribution in [-0.4, -0.2) is 97.9 Å². The normalized spacial score (nSPS) is 24.3. The Morgan fingerprint density at radius 1 is 1.20 bits per heavy atom. The van der Waals surface area contributed by atoms with Gasteiger partial charge in [0.25, 0.3) is 5.91 Å². The molecule has 1 spiro atoms. The van der Waals surface area contributed by atoms with Crippen LogP contribution >= 0.6 is 0 Å². The Morgan fingerprint density at radius 2 is 1.98 bits per heavy atom. The molecule has 1 saturated carbocycles. The largest absolute Gasteiger partial charge is 0.477 e. The summed E-state index contributed by atoms with van der Waals surface area (Å²) >= 11 is 0. The maximum Gasteiger partial charge on any atom is 0.415 e. The van der Waals surface area contributed by atoms with Crippen molar-refractivity contribution in [3.63, 3.8) is 0 Å². The van der Waals surface area contributed by atoms with Crippen LogP contribution in [0, 0.1) is 5.92 Å². The molecule has 2 unspecified atom stereocenters. The molecule has 2 aliphatic carbocycles. The summed E-state index contributed by atoms with van der Waals surface area (Å²) < 4.78 is 12.2. The number of likely N-dealkylation sites (tertiary alicyclic amines) is 1. The predicted molar refractivity (Wildman–Crippen MR) is 170 cm³/mol. The van der Waals surface area contributed by atoms with E-state index in [1.54, 1.807) is 43.4 Å². The van der Waals surface area contributed by atoms with Gasteiger partial charge in [-0.1, -0.05) is 24.3 Å². The minimum Gasteiger partial charge on any atom is -0.477 e. The smallest absolute Gasteiger partial charge is 0.415 e. The standard InChI is InChI=1S/C33H41N7O6/c1-39(16-15-36-30(43)22(9-6-14-37-31(34)35)38-29(42)19-7-4-3-5-8-19)32(44)45-25-13-10-20-17-23-21-11-12-24(41)28-33(21,18-40(23)2)26(20)27(25)46-28/h3-5,7-8,10,13,21-23,28H,6,9,11-12,14-18H2,1-2H3,(H,36,43)(H,38,42)(H4,34,35,37)/t21?,22-,23+,28?,33-/m0/s1. The number of guanidine groups is 1. The van der Waals surface area contributed by atoms with Crippen molar-refractivity contribution in [1.82, 2.24) is 20.4 Å². The van der Waals surface area contributed by atoms with Gasteiger partial charge in [0.15, 0.2) is 29.3 Å². The fourth-order valence-electron chi connectivity index (χ4n) is 7.77. The number of hydrogen-bond donors (Lipinski definition) is 4. The molecule has 2 fully saturated rings. The first kappa shape index (κ1) is 31.3. The second kappa shape index (κ2) is 12.6. The van der Waals surface area contributed by atoms with Crippen LogP contribution in [0.3, 0.4) is 0 Å². The van der Waals surface area contributed by atoms with Gasteiger partial charge >= 0.3 is 6.09 Å². The van der Waals surface area contributed by atoms with Crippen molar-refractivity contribution in [2.24, 2.45) is 22.4 Å². The van der Waals surface area contributed by atoms with Crippen LogP contribution in [0.1, 0.15) is 47.2 Å². The number of nitrogens with two attached hydrogens (primary N) is 2. The van der Waals surface area contributed by atoms with Gasteiger partial charge in [-0.25, -0.2) is 4.79 Å². The molecular formula is C33H41N7O6. The van der Waals surface area contributed by atoms with Crippen LogP contribution in [0.25, 0.3) is 0 Å². The number of carbonyl (C=O) groups excluding carboxylic acids is 4. The minimum atomic E-state index is -0.834. The molecule has 3 amide bonds. The number of amides is 3. The van der Waals surface area contributed by atoms with Gasteiger partial charge in [-0.2, -0.15) is 0 Å². The molecule has 6 rings (SSSR count). The summed E-state index contributed by atoms with van der Waals surface area (Å²) in [4.78, 5) is 59.8. The molecule has 2 aromatic rings. The summed E-state index contributed by atoms with van der Waals surface area (Å²) in [6.45, 7) is 1.33. The minimum absolute atomic E-state index is 0.0459. The fourth-order valence-corrected chi connectivity index (χ4v) is 7.77. The lowest BCUT2D eigenvalue weighted by atomic mass is 9.57. The summed E-state index contributed by atoms with van der Waals surface area (Å²) in [6, 6.07) is 11.9. The van der Waals surface area contributed by atoms with E-state index < -0.39 is 29.6 Å². The third-order valence-electron chi connectivity index (χ3n) is 9.86. The quantitative estimate of drug-likeness (QED) is 0.159.